The Balaban J connectivity index is 4.05. The fourth-order valence-corrected chi connectivity index (χ4v) is 1.98. The SMILES string of the molecule is CCOCCCNC(=O)NC(CCS(C)(=O)=O)C(=O)O. The van der Waals surface area contributed by atoms with E-state index in [0.29, 0.717) is 26.2 Å². The number of carbonyl (C=O) groups excluding carboxylic acids is 1. The molecule has 0 aromatic heterocycles. The van der Waals surface area contributed by atoms with Gasteiger partial charge in [-0.05, 0) is 19.8 Å². The Hall–Kier alpha value is -1.35. The maximum Gasteiger partial charge on any atom is 0.326 e. The Morgan fingerprint density at radius 3 is 2.50 bits per heavy atom. The number of amides is 2. The average Bonchev–Trinajstić information content (AvgIpc) is 2.32. The van der Waals surface area contributed by atoms with Crippen LogP contribution in [-0.4, -0.2) is 63.3 Å². The predicted octanol–water partition coefficient (Wildman–Crippen LogP) is -0.400. The Labute approximate surface area is 118 Å². The lowest BCUT2D eigenvalue weighted by Crippen LogP contribution is -2.47. The molecule has 0 aromatic rings. The Bertz CT molecular complexity index is 409. The van der Waals surface area contributed by atoms with E-state index in [1.807, 2.05) is 6.92 Å². The van der Waals surface area contributed by atoms with E-state index in [9.17, 15) is 18.0 Å². The van der Waals surface area contributed by atoms with Gasteiger partial charge < -0.3 is 20.5 Å². The second-order valence-electron chi connectivity index (χ2n) is 4.26. The van der Waals surface area contributed by atoms with Crippen molar-refractivity contribution < 1.29 is 27.9 Å². The molecule has 0 aliphatic heterocycles. The van der Waals surface area contributed by atoms with Crippen molar-refractivity contribution in [3.63, 3.8) is 0 Å². The molecule has 1 atom stereocenters. The van der Waals surface area contributed by atoms with Crippen LogP contribution in [0.15, 0.2) is 0 Å². The summed E-state index contributed by atoms with van der Waals surface area (Å²) in [6.07, 6.45) is 1.46. The maximum atomic E-state index is 11.4. The Morgan fingerprint density at radius 2 is 2.00 bits per heavy atom. The molecule has 0 aliphatic carbocycles. The van der Waals surface area contributed by atoms with Crippen molar-refractivity contribution in [2.75, 3.05) is 31.8 Å². The summed E-state index contributed by atoms with van der Waals surface area (Å²) < 4.78 is 27.0. The minimum atomic E-state index is -3.27. The number of carboxylic acids is 1. The van der Waals surface area contributed by atoms with Gasteiger partial charge in [-0.1, -0.05) is 0 Å². The van der Waals surface area contributed by atoms with E-state index in [1.165, 1.54) is 0 Å². The van der Waals surface area contributed by atoms with Gasteiger partial charge in [0.1, 0.15) is 15.9 Å². The zero-order valence-corrected chi connectivity index (χ0v) is 12.5. The Morgan fingerprint density at radius 1 is 1.35 bits per heavy atom. The van der Waals surface area contributed by atoms with E-state index in [2.05, 4.69) is 10.6 Å². The molecular weight excluding hydrogens is 288 g/mol. The van der Waals surface area contributed by atoms with Crippen LogP contribution >= 0.6 is 0 Å². The first-order valence-corrected chi connectivity index (χ1v) is 8.35. The van der Waals surface area contributed by atoms with Gasteiger partial charge in [0, 0.05) is 26.0 Å². The predicted molar refractivity (Wildman–Crippen MR) is 73.4 cm³/mol. The lowest BCUT2D eigenvalue weighted by molar-refractivity contribution is -0.139. The lowest BCUT2D eigenvalue weighted by atomic mass is 10.2. The fraction of sp³-hybridized carbons (Fsp3) is 0.818. The third kappa shape index (κ3) is 10.6. The standard InChI is InChI=1S/C11H22N2O6S/c1-3-19-7-4-6-12-11(16)13-9(10(14)15)5-8-20(2,17)18/h9H,3-8H2,1-2H3,(H,14,15)(H2,12,13,16). The molecule has 0 aliphatic rings. The minimum absolute atomic E-state index is 0.166. The van der Waals surface area contributed by atoms with Crippen molar-refractivity contribution in [3.8, 4) is 0 Å². The highest BCUT2D eigenvalue weighted by Gasteiger charge is 2.21. The maximum absolute atomic E-state index is 11.4. The van der Waals surface area contributed by atoms with Crippen LogP contribution in [0.5, 0.6) is 0 Å². The highest BCUT2D eigenvalue weighted by Crippen LogP contribution is 1.97. The van der Waals surface area contributed by atoms with Gasteiger partial charge in [-0.3, -0.25) is 0 Å². The molecular formula is C11H22N2O6S. The number of nitrogens with one attached hydrogen (secondary N) is 2. The van der Waals surface area contributed by atoms with Crippen LogP contribution in [0.1, 0.15) is 19.8 Å². The number of carbonyl (C=O) groups is 2. The van der Waals surface area contributed by atoms with Crippen molar-refractivity contribution in [2.24, 2.45) is 0 Å². The van der Waals surface area contributed by atoms with E-state index < -0.39 is 27.9 Å². The summed E-state index contributed by atoms with van der Waals surface area (Å²) in [7, 11) is -3.27. The molecule has 0 aromatic carbocycles. The first-order valence-electron chi connectivity index (χ1n) is 6.29. The first-order chi connectivity index (χ1) is 9.26. The molecule has 3 N–H and O–H groups in total. The van der Waals surface area contributed by atoms with Gasteiger partial charge in [-0.15, -0.1) is 0 Å². The van der Waals surface area contributed by atoms with Crippen LogP contribution in [0.25, 0.3) is 0 Å². The van der Waals surface area contributed by atoms with Gasteiger partial charge in [0.05, 0.1) is 5.75 Å². The van der Waals surface area contributed by atoms with Crippen molar-refractivity contribution in [1.82, 2.24) is 10.6 Å². The van der Waals surface area contributed by atoms with Crippen LogP contribution < -0.4 is 10.6 Å². The number of carboxylic acid groups (broad SMARTS) is 1. The summed E-state index contributed by atoms with van der Waals surface area (Å²) in [5, 5.41) is 13.6. The number of urea groups is 1. The second kappa shape index (κ2) is 9.54. The van der Waals surface area contributed by atoms with Crippen molar-refractivity contribution in [3.05, 3.63) is 0 Å². The van der Waals surface area contributed by atoms with Crippen molar-refractivity contribution >= 4 is 21.8 Å². The highest BCUT2D eigenvalue weighted by molar-refractivity contribution is 7.90. The summed E-state index contributed by atoms with van der Waals surface area (Å²) in [4.78, 5) is 22.3. The molecule has 0 rings (SSSR count). The zero-order chi connectivity index (χ0) is 15.6. The van der Waals surface area contributed by atoms with Crippen LogP contribution in [0.3, 0.4) is 0 Å². The number of aliphatic carboxylic acids is 1. The molecule has 0 bridgehead atoms. The number of hydrogen-bond acceptors (Lipinski definition) is 5. The molecule has 0 spiro atoms. The molecule has 2 amide bonds. The van der Waals surface area contributed by atoms with Gasteiger partial charge in [0.15, 0.2) is 0 Å². The number of sulfone groups is 1. The van der Waals surface area contributed by atoms with Crippen molar-refractivity contribution in [2.45, 2.75) is 25.8 Å². The topological polar surface area (TPSA) is 122 Å². The van der Waals surface area contributed by atoms with Gasteiger partial charge in [0.25, 0.3) is 0 Å². The fourth-order valence-electron chi connectivity index (χ4n) is 1.32. The van der Waals surface area contributed by atoms with E-state index in [-0.39, 0.29) is 12.2 Å². The van der Waals surface area contributed by atoms with Gasteiger partial charge >= 0.3 is 12.0 Å². The third-order valence-electron chi connectivity index (χ3n) is 2.34. The smallest absolute Gasteiger partial charge is 0.326 e. The lowest BCUT2D eigenvalue weighted by Gasteiger charge is -2.14. The minimum Gasteiger partial charge on any atom is -0.480 e. The van der Waals surface area contributed by atoms with E-state index in [4.69, 9.17) is 9.84 Å². The van der Waals surface area contributed by atoms with E-state index >= 15 is 0 Å². The normalized spacial score (nSPS) is 12.7. The molecule has 1 unspecified atom stereocenters. The molecule has 9 heteroatoms. The summed E-state index contributed by atoms with van der Waals surface area (Å²) in [6.45, 7) is 3.32. The molecule has 20 heavy (non-hydrogen) atoms. The Kier molecular flexibility index (Phi) is 8.89. The number of ether oxygens (including phenoxy) is 1. The summed E-state index contributed by atoms with van der Waals surface area (Å²) in [6, 6.07) is -1.86. The molecule has 118 valence electrons. The molecule has 8 nitrogen and oxygen atoms in total. The van der Waals surface area contributed by atoms with Gasteiger partial charge in [-0.2, -0.15) is 0 Å². The van der Waals surface area contributed by atoms with E-state index in [0.717, 1.165) is 6.26 Å². The average molecular weight is 310 g/mol. The van der Waals surface area contributed by atoms with Crippen LogP contribution in [0, 0.1) is 0 Å². The monoisotopic (exact) mass is 310 g/mol. The quantitative estimate of drug-likeness (QED) is 0.472. The summed E-state index contributed by atoms with van der Waals surface area (Å²) >= 11 is 0. The van der Waals surface area contributed by atoms with Crippen LogP contribution in [0.2, 0.25) is 0 Å². The molecule has 0 saturated heterocycles. The largest absolute Gasteiger partial charge is 0.480 e. The molecule has 0 saturated carbocycles. The molecule has 0 fully saturated rings. The zero-order valence-electron chi connectivity index (χ0n) is 11.7. The van der Waals surface area contributed by atoms with Gasteiger partial charge in [0.2, 0.25) is 0 Å². The molecule has 0 heterocycles. The van der Waals surface area contributed by atoms with Crippen molar-refractivity contribution in [1.29, 1.82) is 0 Å². The highest BCUT2D eigenvalue weighted by atomic mass is 32.2. The number of rotatable bonds is 10. The van der Waals surface area contributed by atoms with Crippen LogP contribution in [0.4, 0.5) is 4.79 Å². The van der Waals surface area contributed by atoms with Gasteiger partial charge in [-0.25, -0.2) is 18.0 Å². The summed E-state index contributed by atoms with van der Waals surface area (Å²) in [5.41, 5.74) is 0. The van der Waals surface area contributed by atoms with Crippen LogP contribution in [-0.2, 0) is 19.4 Å². The second-order valence-corrected chi connectivity index (χ2v) is 6.52. The van der Waals surface area contributed by atoms with E-state index in [1.54, 1.807) is 0 Å². The third-order valence-corrected chi connectivity index (χ3v) is 3.31. The summed E-state index contributed by atoms with van der Waals surface area (Å²) in [5.74, 6) is -1.56. The molecule has 0 radical (unpaired) electrons. The number of hydrogen-bond donors (Lipinski definition) is 3. The first kappa shape index (κ1) is 18.7.